The first-order chi connectivity index (χ1) is 11.0. The van der Waals surface area contributed by atoms with Crippen LogP contribution in [0.15, 0.2) is 41.4 Å². The summed E-state index contributed by atoms with van der Waals surface area (Å²) in [6.45, 7) is 4.64. The SMILES string of the molecule is CCn1c(=NC(=O)c2ccc(C)cc2)sc2cc(Cl)cc(Cl)c21. The molecule has 23 heavy (non-hydrogen) atoms. The van der Waals surface area contributed by atoms with Gasteiger partial charge in [-0.25, -0.2) is 0 Å². The maximum Gasteiger partial charge on any atom is 0.279 e. The number of rotatable bonds is 2. The number of fused-ring (bicyclic) bond motifs is 1. The van der Waals surface area contributed by atoms with E-state index in [1.807, 2.05) is 36.6 Å². The van der Waals surface area contributed by atoms with E-state index in [1.54, 1.807) is 18.2 Å². The fourth-order valence-corrected chi connectivity index (χ4v) is 4.23. The van der Waals surface area contributed by atoms with Crippen LogP contribution in [-0.2, 0) is 6.54 Å². The van der Waals surface area contributed by atoms with Crippen LogP contribution in [0.25, 0.3) is 10.2 Å². The fourth-order valence-electron chi connectivity index (χ4n) is 2.36. The Kier molecular flexibility index (Phi) is 4.57. The predicted octanol–water partition coefficient (Wildman–Crippen LogP) is 5.08. The Labute approximate surface area is 147 Å². The van der Waals surface area contributed by atoms with Gasteiger partial charge >= 0.3 is 0 Å². The smallest absolute Gasteiger partial charge is 0.279 e. The molecule has 0 N–H and O–H groups in total. The second-order valence-electron chi connectivity index (χ2n) is 5.15. The van der Waals surface area contributed by atoms with Gasteiger partial charge in [-0.2, -0.15) is 4.99 Å². The van der Waals surface area contributed by atoms with Gasteiger partial charge < -0.3 is 4.57 Å². The zero-order valence-corrected chi connectivity index (χ0v) is 15.0. The maximum absolute atomic E-state index is 12.4. The van der Waals surface area contributed by atoms with E-state index >= 15 is 0 Å². The summed E-state index contributed by atoms with van der Waals surface area (Å²) < 4.78 is 2.85. The molecule has 1 heterocycles. The van der Waals surface area contributed by atoms with E-state index in [-0.39, 0.29) is 5.91 Å². The molecule has 3 rings (SSSR count). The molecule has 0 aliphatic carbocycles. The van der Waals surface area contributed by atoms with Gasteiger partial charge in [0.1, 0.15) is 0 Å². The predicted molar refractivity (Wildman–Crippen MR) is 96.6 cm³/mol. The molecule has 0 unspecified atom stereocenters. The molecule has 3 nitrogen and oxygen atoms in total. The lowest BCUT2D eigenvalue weighted by atomic mass is 10.1. The average Bonchev–Trinajstić information content (AvgIpc) is 2.85. The molecule has 0 spiro atoms. The quantitative estimate of drug-likeness (QED) is 0.624. The number of hydrogen-bond acceptors (Lipinski definition) is 2. The van der Waals surface area contributed by atoms with E-state index in [1.165, 1.54) is 11.3 Å². The van der Waals surface area contributed by atoms with Crippen molar-refractivity contribution in [1.29, 1.82) is 0 Å². The number of aryl methyl sites for hydroxylation is 2. The molecule has 1 amide bonds. The van der Waals surface area contributed by atoms with Crippen molar-refractivity contribution < 1.29 is 4.79 Å². The van der Waals surface area contributed by atoms with E-state index < -0.39 is 0 Å². The minimum absolute atomic E-state index is 0.263. The van der Waals surface area contributed by atoms with E-state index in [0.29, 0.717) is 27.0 Å². The van der Waals surface area contributed by atoms with Crippen LogP contribution in [0.5, 0.6) is 0 Å². The van der Waals surface area contributed by atoms with Crippen molar-refractivity contribution in [2.75, 3.05) is 0 Å². The van der Waals surface area contributed by atoms with Crippen molar-refractivity contribution in [1.82, 2.24) is 4.57 Å². The Balaban J connectivity index is 2.17. The lowest BCUT2D eigenvalue weighted by Crippen LogP contribution is -2.16. The van der Waals surface area contributed by atoms with Crippen LogP contribution in [0.3, 0.4) is 0 Å². The highest BCUT2D eigenvalue weighted by Crippen LogP contribution is 2.29. The van der Waals surface area contributed by atoms with Crippen molar-refractivity contribution in [2.24, 2.45) is 4.99 Å². The van der Waals surface area contributed by atoms with Crippen LogP contribution in [-0.4, -0.2) is 10.5 Å². The summed E-state index contributed by atoms with van der Waals surface area (Å²) in [5.41, 5.74) is 2.53. The minimum atomic E-state index is -0.263. The number of carbonyl (C=O) groups is 1. The number of amides is 1. The Bertz CT molecular complexity index is 955. The second kappa shape index (κ2) is 6.48. The third kappa shape index (κ3) is 3.20. The van der Waals surface area contributed by atoms with Crippen molar-refractivity contribution in [3.63, 3.8) is 0 Å². The summed E-state index contributed by atoms with van der Waals surface area (Å²) >= 11 is 13.8. The standard InChI is InChI=1S/C17H14Cl2N2OS/c1-3-21-15-13(19)8-12(18)9-14(15)23-17(21)20-16(22)11-6-4-10(2)5-7-11/h4-9H,3H2,1-2H3. The Morgan fingerprint density at radius 3 is 2.57 bits per heavy atom. The molecule has 6 heteroatoms. The third-order valence-corrected chi connectivity index (χ3v) is 5.04. The van der Waals surface area contributed by atoms with E-state index in [0.717, 1.165) is 15.8 Å². The number of halogens is 2. The summed E-state index contributed by atoms with van der Waals surface area (Å²) in [4.78, 5) is 17.3. The molecule has 0 saturated carbocycles. The van der Waals surface area contributed by atoms with Gasteiger partial charge in [0.2, 0.25) is 0 Å². The molecule has 0 radical (unpaired) electrons. The molecule has 0 bridgehead atoms. The zero-order chi connectivity index (χ0) is 16.6. The van der Waals surface area contributed by atoms with Crippen LogP contribution in [0.4, 0.5) is 0 Å². The van der Waals surface area contributed by atoms with Gasteiger partial charge in [0, 0.05) is 17.1 Å². The van der Waals surface area contributed by atoms with Crippen LogP contribution < -0.4 is 4.80 Å². The van der Waals surface area contributed by atoms with Crippen LogP contribution in [0, 0.1) is 6.92 Å². The Morgan fingerprint density at radius 2 is 1.91 bits per heavy atom. The van der Waals surface area contributed by atoms with E-state index in [4.69, 9.17) is 23.2 Å². The van der Waals surface area contributed by atoms with Gasteiger partial charge in [0.05, 0.1) is 15.2 Å². The second-order valence-corrected chi connectivity index (χ2v) is 7.00. The van der Waals surface area contributed by atoms with Crippen molar-refractivity contribution in [3.05, 3.63) is 62.4 Å². The number of carbonyl (C=O) groups excluding carboxylic acids is 1. The number of benzene rings is 2. The molecule has 3 aromatic rings. The number of thiazole rings is 1. The number of aromatic nitrogens is 1. The number of nitrogens with zero attached hydrogens (tertiary/aromatic N) is 2. The van der Waals surface area contributed by atoms with Gasteiger partial charge in [0.25, 0.3) is 5.91 Å². The topological polar surface area (TPSA) is 34.4 Å². The van der Waals surface area contributed by atoms with Gasteiger partial charge in [-0.1, -0.05) is 52.2 Å². The first-order valence-corrected chi connectivity index (χ1v) is 8.71. The highest BCUT2D eigenvalue weighted by atomic mass is 35.5. The first-order valence-electron chi connectivity index (χ1n) is 7.13. The Hall–Kier alpha value is -1.62. The summed E-state index contributed by atoms with van der Waals surface area (Å²) in [6, 6.07) is 10.9. The molecule has 0 aliphatic rings. The molecule has 1 aromatic heterocycles. The summed E-state index contributed by atoms with van der Waals surface area (Å²) in [6.07, 6.45) is 0. The van der Waals surface area contributed by atoms with Gasteiger partial charge in [0.15, 0.2) is 4.80 Å². The van der Waals surface area contributed by atoms with E-state index in [2.05, 4.69) is 4.99 Å². The fraction of sp³-hybridized carbons (Fsp3) is 0.176. The third-order valence-electron chi connectivity index (χ3n) is 3.51. The van der Waals surface area contributed by atoms with Crippen LogP contribution in [0.1, 0.15) is 22.8 Å². The lowest BCUT2D eigenvalue weighted by molar-refractivity contribution is 0.0998. The molecule has 0 saturated heterocycles. The van der Waals surface area contributed by atoms with Crippen molar-refractivity contribution >= 4 is 50.7 Å². The molecule has 0 atom stereocenters. The van der Waals surface area contributed by atoms with Crippen molar-refractivity contribution in [3.8, 4) is 0 Å². The average molecular weight is 365 g/mol. The van der Waals surface area contributed by atoms with Gasteiger partial charge in [-0.15, -0.1) is 0 Å². The molecule has 0 aliphatic heterocycles. The first kappa shape index (κ1) is 16.2. The number of hydrogen-bond donors (Lipinski definition) is 0. The van der Waals surface area contributed by atoms with Crippen LogP contribution in [0.2, 0.25) is 10.0 Å². The Morgan fingerprint density at radius 1 is 1.22 bits per heavy atom. The molecule has 118 valence electrons. The maximum atomic E-state index is 12.4. The van der Waals surface area contributed by atoms with Gasteiger partial charge in [-0.05, 0) is 38.1 Å². The highest BCUT2D eigenvalue weighted by molar-refractivity contribution is 7.16. The molecule has 0 fully saturated rings. The zero-order valence-electron chi connectivity index (χ0n) is 12.6. The normalized spacial score (nSPS) is 12.1. The largest absolute Gasteiger partial charge is 0.315 e. The summed E-state index contributed by atoms with van der Waals surface area (Å²) in [5, 5.41) is 1.14. The monoisotopic (exact) mass is 364 g/mol. The summed E-state index contributed by atoms with van der Waals surface area (Å²) in [7, 11) is 0. The van der Waals surface area contributed by atoms with Crippen LogP contribution >= 0.6 is 34.5 Å². The highest BCUT2D eigenvalue weighted by Gasteiger charge is 2.12. The summed E-state index contributed by atoms with van der Waals surface area (Å²) in [5.74, 6) is -0.263. The molecular weight excluding hydrogens is 351 g/mol. The van der Waals surface area contributed by atoms with E-state index in [9.17, 15) is 4.79 Å². The molecule has 2 aromatic carbocycles. The van der Waals surface area contributed by atoms with Crippen molar-refractivity contribution in [2.45, 2.75) is 20.4 Å². The van der Waals surface area contributed by atoms with Gasteiger partial charge in [-0.3, -0.25) is 4.79 Å². The minimum Gasteiger partial charge on any atom is -0.315 e. The lowest BCUT2D eigenvalue weighted by Gasteiger charge is -2.02. The molecular formula is C17H14Cl2N2OS.